The predicted molar refractivity (Wildman–Crippen MR) is 142 cm³/mol. The number of ether oxygens (including phenoxy) is 1. The second kappa shape index (κ2) is 10.3. The van der Waals surface area contributed by atoms with Crippen molar-refractivity contribution in [3.05, 3.63) is 40.5 Å². The molecule has 1 aromatic carbocycles. The fourth-order valence-corrected chi connectivity index (χ4v) is 5.30. The second-order valence-corrected chi connectivity index (χ2v) is 10.9. The average molecular weight is 555 g/mol. The summed E-state index contributed by atoms with van der Waals surface area (Å²) in [5.74, 6) is -0.191. The molecule has 194 valence electrons. The van der Waals surface area contributed by atoms with Gasteiger partial charge in [0.2, 0.25) is 5.91 Å². The number of primary amides is 1. The van der Waals surface area contributed by atoms with E-state index in [4.69, 9.17) is 33.7 Å². The number of aromatic nitrogens is 3. The predicted octanol–water partition coefficient (Wildman–Crippen LogP) is 3.63. The van der Waals surface area contributed by atoms with Crippen LogP contribution < -0.4 is 16.1 Å². The number of carbonyl (C=O) groups excluding carboxylic acids is 2. The van der Waals surface area contributed by atoms with Gasteiger partial charge in [-0.05, 0) is 39.2 Å². The summed E-state index contributed by atoms with van der Waals surface area (Å²) in [4.78, 5) is 28.4. The Morgan fingerprint density at radius 1 is 1.17 bits per heavy atom. The van der Waals surface area contributed by atoms with Gasteiger partial charge in [-0.25, -0.2) is 4.79 Å². The Balaban J connectivity index is 1.50. The molecule has 2 amide bonds. The van der Waals surface area contributed by atoms with Crippen molar-refractivity contribution in [2.75, 3.05) is 42.8 Å². The highest BCUT2D eigenvalue weighted by atomic mass is 35.5. The Bertz CT molecular complexity index is 1170. The van der Waals surface area contributed by atoms with E-state index in [1.807, 2.05) is 31.9 Å². The van der Waals surface area contributed by atoms with Gasteiger partial charge >= 0.3 is 6.09 Å². The molecule has 0 spiro atoms. The first-order valence-corrected chi connectivity index (χ1v) is 13.2. The fourth-order valence-electron chi connectivity index (χ4n) is 4.01. The van der Waals surface area contributed by atoms with Crippen LogP contribution in [-0.4, -0.2) is 74.7 Å². The van der Waals surface area contributed by atoms with Crippen molar-refractivity contribution >= 4 is 63.4 Å². The molecule has 2 aromatic rings. The second-order valence-electron chi connectivity index (χ2n) is 9.30. The van der Waals surface area contributed by atoms with Crippen LogP contribution in [0.5, 0.6) is 0 Å². The Labute approximate surface area is 223 Å². The maximum Gasteiger partial charge on any atom is 0.410 e. The van der Waals surface area contributed by atoms with Crippen LogP contribution in [0.4, 0.5) is 16.2 Å². The number of amides is 2. The van der Waals surface area contributed by atoms with Crippen molar-refractivity contribution in [3.8, 4) is 0 Å². The molecule has 11 nitrogen and oxygen atoms in total. The lowest BCUT2D eigenvalue weighted by molar-refractivity contribution is -0.122. The number of nitrogens with two attached hydrogens (primary N) is 1. The zero-order valence-electron chi connectivity index (χ0n) is 20.4. The number of nitrogens with one attached hydrogen (secondary N) is 1. The van der Waals surface area contributed by atoms with Crippen LogP contribution in [0.15, 0.2) is 24.7 Å². The van der Waals surface area contributed by atoms with Crippen molar-refractivity contribution in [1.29, 1.82) is 0 Å². The lowest BCUT2D eigenvalue weighted by atomic mass is 10.2. The number of hydrazine groups is 1. The fraction of sp³-hybridized carbons (Fsp3) is 0.455. The van der Waals surface area contributed by atoms with E-state index < -0.39 is 17.6 Å². The number of nitrogens with zero attached hydrogens (tertiary/aromatic N) is 6. The van der Waals surface area contributed by atoms with Gasteiger partial charge in [0.25, 0.3) is 0 Å². The van der Waals surface area contributed by atoms with Gasteiger partial charge in [-0.2, -0.15) is 0 Å². The molecule has 2 aliphatic rings. The standard InChI is InChI=1S/C22H28Cl2N8O3S/c1-22(2,3)35-21(34)30-7-5-29(6-8-30)17-14(23)9-13(10-15(17)24)28-32-11-16(36-4)31-12-26-27-20(31)18(32)19(25)33/h9-12,18,28H,5-8H2,1-4H3,(H2,25,33). The molecule has 2 aliphatic heterocycles. The number of carbonyl (C=O) groups is 2. The third kappa shape index (κ3) is 5.45. The molecule has 0 aliphatic carbocycles. The van der Waals surface area contributed by atoms with Crippen molar-refractivity contribution in [1.82, 2.24) is 24.7 Å². The van der Waals surface area contributed by atoms with Gasteiger partial charge in [0.1, 0.15) is 11.9 Å². The number of anilines is 2. The first-order valence-electron chi connectivity index (χ1n) is 11.2. The molecule has 0 radical (unpaired) electrons. The van der Waals surface area contributed by atoms with Gasteiger partial charge in [-0.1, -0.05) is 23.2 Å². The van der Waals surface area contributed by atoms with Gasteiger partial charge < -0.3 is 20.3 Å². The number of thioether (sulfide) groups is 1. The SMILES string of the molecule is CSC1=CN(Nc2cc(Cl)c(N3CCN(C(=O)OC(C)(C)C)CC3)c(Cl)c2)C(C(N)=O)c2nncn21. The first-order chi connectivity index (χ1) is 17.0. The number of fused-ring (bicyclic) bond motifs is 1. The zero-order chi connectivity index (χ0) is 26.2. The van der Waals surface area contributed by atoms with Crippen LogP contribution in [0.25, 0.3) is 5.03 Å². The summed E-state index contributed by atoms with van der Waals surface area (Å²) in [6, 6.07) is 2.57. The molecule has 0 saturated carbocycles. The molecule has 1 atom stereocenters. The maximum atomic E-state index is 12.4. The van der Waals surface area contributed by atoms with Gasteiger partial charge in [-0.15, -0.1) is 22.0 Å². The smallest absolute Gasteiger partial charge is 0.410 e. The quantitative estimate of drug-likeness (QED) is 0.570. The lowest BCUT2D eigenvalue weighted by Gasteiger charge is -2.37. The van der Waals surface area contributed by atoms with E-state index in [0.29, 0.717) is 53.4 Å². The number of halogens is 2. The van der Waals surface area contributed by atoms with E-state index in [-0.39, 0.29) is 6.09 Å². The van der Waals surface area contributed by atoms with E-state index in [0.717, 1.165) is 5.03 Å². The molecule has 3 N–H and O–H groups in total. The molecule has 0 bridgehead atoms. The molecule has 1 aromatic heterocycles. The van der Waals surface area contributed by atoms with Gasteiger partial charge in [-0.3, -0.25) is 19.8 Å². The molecular formula is C22H28Cl2N8O3S. The molecule has 4 rings (SSSR count). The van der Waals surface area contributed by atoms with Gasteiger partial charge in [0.15, 0.2) is 11.9 Å². The van der Waals surface area contributed by atoms with E-state index in [2.05, 4.69) is 15.6 Å². The van der Waals surface area contributed by atoms with Crippen LogP contribution in [0, 0.1) is 0 Å². The van der Waals surface area contributed by atoms with Crippen LogP contribution in [0.3, 0.4) is 0 Å². The molecule has 1 fully saturated rings. The highest BCUT2D eigenvalue weighted by molar-refractivity contribution is 8.07. The first kappa shape index (κ1) is 26.2. The number of benzene rings is 1. The molecule has 1 unspecified atom stereocenters. The van der Waals surface area contributed by atoms with Crippen LogP contribution >= 0.6 is 35.0 Å². The minimum absolute atomic E-state index is 0.335. The average Bonchev–Trinajstić information content (AvgIpc) is 3.26. The minimum atomic E-state index is -0.887. The summed E-state index contributed by atoms with van der Waals surface area (Å²) < 4.78 is 7.19. The Morgan fingerprint density at radius 3 is 2.36 bits per heavy atom. The largest absolute Gasteiger partial charge is 0.444 e. The van der Waals surface area contributed by atoms with Crippen molar-refractivity contribution in [2.45, 2.75) is 32.4 Å². The lowest BCUT2D eigenvalue weighted by Crippen LogP contribution is -2.50. The molecular weight excluding hydrogens is 527 g/mol. The third-order valence-corrected chi connectivity index (χ3v) is 6.88. The molecule has 3 heterocycles. The number of piperazine rings is 1. The summed E-state index contributed by atoms with van der Waals surface area (Å²) in [5, 5.41) is 11.2. The third-order valence-electron chi connectivity index (χ3n) is 5.59. The molecule has 36 heavy (non-hydrogen) atoms. The highest BCUT2D eigenvalue weighted by Crippen LogP contribution is 2.39. The Hall–Kier alpha value is -2.83. The molecule has 1 saturated heterocycles. The number of hydrogen-bond acceptors (Lipinski definition) is 9. The zero-order valence-corrected chi connectivity index (χ0v) is 22.7. The Morgan fingerprint density at radius 2 is 1.81 bits per heavy atom. The van der Waals surface area contributed by atoms with Crippen LogP contribution in [0.2, 0.25) is 10.0 Å². The summed E-state index contributed by atoms with van der Waals surface area (Å²) in [7, 11) is 0. The van der Waals surface area contributed by atoms with Gasteiger partial charge in [0.05, 0.1) is 32.6 Å². The summed E-state index contributed by atoms with van der Waals surface area (Å²) >= 11 is 14.8. The van der Waals surface area contributed by atoms with Crippen molar-refractivity contribution in [3.63, 3.8) is 0 Å². The highest BCUT2D eigenvalue weighted by Gasteiger charge is 2.34. The maximum absolute atomic E-state index is 12.4. The van der Waals surface area contributed by atoms with Crippen LogP contribution in [-0.2, 0) is 9.53 Å². The summed E-state index contributed by atoms with van der Waals surface area (Å²) in [5.41, 5.74) is 9.55. The molecule has 14 heteroatoms. The summed E-state index contributed by atoms with van der Waals surface area (Å²) in [6.45, 7) is 7.60. The topological polar surface area (TPSA) is 122 Å². The minimum Gasteiger partial charge on any atom is -0.444 e. The van der Waals surface area contributed by atoms with Gasteiger partial charge in [0, 0.05) is 26.2 Å². The normalized spacial score (nSPS) is 18.0. The van der Waals surface area contributed by atoms with Crippen LogP contribution in [0.1, 0.15) is 32.6 Å². The summed E-state index contributed by atoms with van der Waals surface area (Å²) in [6.07, 6.45) is 4.86. The van der Waals surface area contributed by atoms with E-state index in [9.17, 15) is 9.59 Å². The van der Waals surface area contributed by atoms with E-state index in [1.54, 1.807) is 32.8 Å². The Kier molecular flexibility index (Phi) is 7.48. The monoisotopic (exact) mass is 554 g/mol. The van der Waals surface area contributed by atoms with Crippen molar-refractivity contribution < 1.29 is 14.3 Å². The van der Waals surface area contributed by atoms with Crippen molar-refractivity contribution in [2.24, 2.45) is 5.73 Å². The number of hydrogen-bond donors (Lipinski definition) is 2. The van der Waals surface area contributed by atoms with E-state index in [1.165, 1.54) is 18.1 Å². The van der Waals surface area contributed by atoms with E-state index >= 15 is 0 Å². The number of rotatable bonds is 5.